The first-order valence-corrected chi connectivity index (χ1v) is 10.8. The fourth-order valence-corrected chi connectivity index (χ4v) is 4.54. The molecule has 156 valence electrons. The molecule has 1 heterocycles. The summed E-state index contributed by atoms with van der Waals surface area (Å²) in [5.41, 5.74) is 0.395. The van der Waals surface area contributed by atoms with Gasteiger partial charge in [0.05, 0.1) is 18.0 Å². The molecule has 1 N–H and O–H groups in total. The molecule has 0 saturated carbocycles. The van der Waals surface area contributed by atoms with Gasteiger partial charge in [0.1, 0.15) is 11.6 Å². The Morgan fingerprint density at radius 3 is 2.41 bits per heavy atom. The summed E-state index contributed by atoms with van der Waals surface area (Å²) in [6, 6.07) is 12.1. The molecule has 0 atom stereocenters. The zero-order valence-corrected chi connectivity index (χ0v) is 17.0. The zero-order valence-electron chi connectivity index (χ0n) is 16.2. The summed E-state index contributed by atoms with van der Waals surface area (Å²) < 4.78 is 45.6. The first-order chi connectivity index (χ1) is 13.9. The van der Waals surface area contributed by atoms with Crippen LogP contribution in [0.15, 0.2) is 53.4 Å². The molecule has 0 radical (unpaired) electrons. The van der Waals surface area contributed by atoms with Gasteiger partial charge in [0.15, 0.2) is 0 Å². The maximum Gasteiger partial charge on any atom is 0.243 e. The molecule has 1 saturated heterocycles. The van der Waals surface area contributed by atoms with E-state index in [0.29, 0.717) is 44.2 Å². The number of benzene rings is 2. The van der Waals surface area contributed by atoms with Crippen molar-refractivity contribution in [3.8, 4) is 5.75 Å². The highest BCUT2D eigenvalue weighted by Crippen LogP contribution is 2.21. The van der Waals surface area contributed by atoms with E-state index >= 15 is 0 Å². The Balaban J connectivity index is 1.53. The predicted molar refractivity (Wildman–Crippen MR) is 108 cm³/mol. The van der Waals surface area contributed by atoms with E-state index in [0.717, 1.165) is 0 Å². The maximum absolute atomic E-state index is 13.2. The van der Waals surface area contributed by atoms with Crippen molar-refractivity contribution in [1.82, 2.24) is 9.21 Å². The Hall–Kier alpha value is -2.49. The average molecular weight is 421 g/mol. The molecule has 9 heteroatoms. The molecule has 2 aromatic carbocycles. The lowest BCUT2D eigenvalue weighted by atomic mass is 10.3. The number of ether oxygens (including phenoxy) is 1. The van der Waals surface area contributed by atoms with Gasteiger partial charge < -0.3 is 10.1 Å². The standard InChI is InChI=1S/C20H24FN3O4S/c1-2-28-18-6-8-19(9-7-18)29(26,27)24-12-10-23(11-13-24)15-20(25)22-17-5-3-4-16(21)14-17/h3-9,14H,2,10-13,15H2,1H3,(H,22,25). The van der Waals surface area contributed by atoms with Crippen molar-refractivity contribution in [3.63, 3.8) is 0 Å². The fraction of sp³-hybridized carbons (Fsp3) is 0.350. The molecule has 1 fully saturated rings. The number of hydrogen-bond donors (Lipinski definition) is 1. The summed E-state index contributed by atoms with van der Waals surface area (Å²) in [6.45, 7) is 3.96. The van der Waals surface area contributed by atoms with E-state index in [-0.39, 0.29) is 17.3 Å². The van der Waals surface area contributed by atoms with E-state index in [4.69, 9.17) is 4.74 Å². The molecule has 1 aliphatic rings. The summed E-state index contributed by atoms with van der Waals surface area (Å²) in [5.74, 6) is -0.0603. The summed E-state index contributed by atoms with van der Waals surface area (Å²) in [7, 11) is -3.59. The number of nitrogens with one attached hydrogen (secondary N) is 1. The van der Waals surface area contributed by atoms with Crippen molar-refractivity contribution < 1.29 is 22.3 Å². The van der Waals surface area contributed by atoms with Crippen LogP contribution in [0.5, 0.6) is 5.75 Å². The molecule has 3 rings (SSSR count). The van der Waals surface area contributed by atoms with Crippen LogP contribution >= 0.6 is 0 Å². The summed E-state index contributed by atoms with van der Waals surface area (Å²) in [6.07, 6.45) is 0. The fourth-order valence-electron chi connectivity index (χ4n) is 3.12. The highest BCUT2D eigenvalue weighted by atomic mass is 32.2. The van der Waals surface area contributed by atoms with E-state index in [9.17, 15) is 17.6 Å². The SMILES string of the molecule is CCOc1ccc(S(=O)(=O)N2CCN(CC(=O)Nc3cccc(F)c3)CC2)cc1. The number of sulfonamides is 1. The topological polar surface area (TPSA) is 79.0 Å². The Bertz CT molecular complexity index is 942. The van der Waals surface area contributed by atoms with E-state index in [2.05, 4.69) is 5.32 Å². The Labute approximate surface area is 170 Å². The molecule has 0 aromatic heterocycles. The third-order valence-electron chi connectivity index (χ3n) is 4.58. The molecule has 0 unspecified atom stereocenters. The zero-order chi connectivity index (χ0) is 20.9. The van der Waals surface area contributed by atoms with Gasteiger partial charge in [-0.05, 0) is 49.4 Å². The van der Waals surface area contributed by atoms with E-state index in [1.807, 2.05) is 11.8 Å². The number of carbonyl (C=O) groups is 1. The molecular formula is C20H24FN3O4S. The van der Waals surface area contributed by atoms with Crippen LogP contribution in [0.4, 0.5) is 10.1 Å². The van der Waals surface area contributed by atoms with Crippen LogP contribution in [-0.2, 0) is 14.8 Å². The first kappa shape index (κ1) is 21.2. The van der Waals surface area contributed by atoms with Gasteiger partial charge in [-0.25, -0.2) is 12.8 Å². The van der Waals surface area contributed by atoms with Crippen molar-refractivity contribution in [2.24, 2.45) is 0 Å². The molecule has 1 amide bonds. The average Bonchev–Trinajstić information content (AvgIpc) is 2.69. The van der Waals surface area contributed by atoms with Gasteiger partial charge in [-0.2, -0.15) is 4.31 Å². The maximum atomic E-state index is 13.2. The normalized spacial score (nSPS) is 15.8. The largest absolute Gasteiger partial charge is 0.494 e. The Morgan fingerprint density at radius 1 is 1.10 bits per heavy atom. The molecule has 0 bridgehead atoms. The van der Waals surface area contributed by atoms with Crippen molar-refractivity contribution in [3.05, 3.63) is 54.3 Å². The lowest BCUT2D eigenvalue weighted by Gasteiger charge is -2.33. The van der Waals surface area contributed by atoms with Gasteiger partial charge in [-0.15, -0.1) is 0 Å². The molecule has 0 aliphatic carbocycles. The van der Waals surface area contributed by atoms with E-state index in [1.54, 1.807) is 30.3 Å². The van der Waals surface area contributed by atoms with Crippen molar-refractivity contribution >= 4 is 21.6 Å². The second-order valence-electron chi connectivity index (χ2n) is 6.64. The van der Waals surface area contributed by atoms with Gasteiger partial charge in [0.2, 0.25) is 15.9 Å². The van der Waals surface area contributed by atoms with E-state index in [1.165, 1.54) is 22.5 Å². The second-order valence-corrected chi connectivity index (χ2v) is 8.58. The molecule has 29 heavy (non-hydrogen) atoms. The number of rotatable bonds is 7. The molecule has 2 aromatic rings. The van der Waals surface area contributed by atoms with Gasteiger partial charge in [-0.1, -0.05) is 6.07 Å². The number of piperazine rings is 1. The Morgan fingerprint density at radius 2 is 1.79 bits per heavy atom. The van der Waals surface area contributed by atoms with Crippen LogP contribution in [0.25, 0.3) is 0 Å². The first-order valence-electron chi connectivity index (χ1n) is 9.39. The molecule has 1 aliphatic heterocycles. The minimum Gasteiger partial charge on any atom is -0.494 e. The molecule has 0 spiro atoms. The highest BCUT2D eigenvalue weighted by Gasteiger charge is 2.29. The van der Waals surface area contributed by atoms with Crippen LogP contribution in [0.3, 0.4) is 0 Å². The van der Waals surface area contributed by atoms with Crippen LogP contribution in [-0.4, -0.2) is 62.9 Å². The minimum atomic E-state index is -3.59. The van der Waals surface area contributed by atoms with Gasteiger partial charge in [0, 0.05) is 31.9 Å². The van der Waals surface area contributed by atoms with Crippen molar-refractivity contribution in [2.45, 2.75) is 11.8 Å². The van der Waals surface area contributed by atoms with Crippen LogP contribution < -0.4 is 10.1 Å². The van der Waals surface area contributed by atoms with E-state index < -0.39 is 15.8 Å². The number of carbonyl (C=O) groups excluding carboxylic acids is 1. The summed E-state index contributed by atoms with van der Waals surface area (Å²) >= 11 is 0. The van der Waals surface area contributed by atoms with Crippen LogP contribution in [0.1, 0.15) is 6.92 Å². The third-order valence-corrected chi connectivity index (χ3v) is 6.49. The quantitative estimate of drug-likeness (QED) is 0.741. The number of halogens is 1. The molecule has 7 nitrogen and oxygen atoms in total. The number of nitrogens with zero attached hydrogens (tertiary/aromatic N) is 2. The minimum absolute atomic E-state index is 0.119. The van der Waals surface area contributed by atoms with Gasteiger partial charge >= 0.3 is 0 Å². The number of anilines is 1. The number of amides is 1. The van der Waals surface area contributed by atoms with Gasteiger partial charge in [0.25, 0.3) is 0 Å². The van der Waals surface area contributed by atoms with Gasteiger partial charge in [-0.3, -0.25) is 9.69 Å². The predicted octanol–water partition coefficient (Wildman–Crippen LogP) is 2.17. The molecular weight excluding hydrogens is 397 g/mol. The second kappa shape index (κ2) is 9.34. The lowest BCUT2D eigenvalue weighted by Crippen LogP contribution is -2.50. The van der Waals surface area contributed by atoms with Crippen molar-refractivity contribution in [1.29, 1.82) is 0 Å². The van der Waals surface area contributed by atoms with Crippen LogP contribution in [0.2, 0.25) is 0 Å². The lowest BCUT2D eigenvalue weighted by molar-refractivity contribution is -0.117. The summed E-state index contributed by atoms with van der Waals surface area (Å²) in [5, 5.41) is 2.65. The number of hydrogen-bond acceptors (Lipinski definition) is 5. The Kier molecular flexibility index (Phi) is 6.83. The van der Waals surface area contributed by atoms with Crippen molar-refractivity contribution in [2.75, 3.05) is 44.6 Å². The summed E-state index contributed by atoms with van der Waals surface area (Å²) in [4.78, 5) is 14.3. The highest BCUT2D eigenvalue weighted by molar-refractivity contribution is 7.89. The third kappa shape index (κ3) is 5.53. The monoisotopic (exact) mass is 421 g/mol. The smallest absolute Gasteiger partial charge is 0.243 e. The van der Waals surface area contributed by atoms with Crippen LogP contribution in [0, 0.1) is 5.82 Å².